The van der Waals surface area contributed by atoms with Gasteiger partial charge in [-0.2, -0.15) is 15.1 Å². The zero-order valence-corrected chi connectivity index (χ0v) is 20.8. The first-order valence-electron chi connectivity index (χ1n) is 11.3. The quantitative estimate of drug-likeness (QED) is 0.335. The number of aliphatic imine (C=N–C) groups is 1. The molecule has 0 bridgehead atoms. The van der Waals surface area contributed by atoms with Crippen molar-refractivity contribution in [3.8, 4) is 5.69 Å². The summed E-state index contributed by atoms with van der Waals surface area (Å²) in [6.07, 6.45) is 8.52. The molecule has 1 aromatic heterocycles. The van der Waals surface area contributed by atoms with Gasteiger partial charge in [-0.05, 0) is 68.3 Å². The molecule has 0 radical (unpaired) electrons. The molecule has 0 saturated heterocycles. The zero-order chi connectivity index (χ0) is 23.5. The summed E-state index contributed by atoms with van der Waals surface area (Å²) in [6, 6.07) is 9.65. The van der Waals surface area contributed by atoms with E-state index < -0.39 is 5.91 Å². The first-order valence-corrected chi connectivity index (χ1v) is 12.5. The summed E-state index contributed by atoms with van der Waals surface area (Å²) in [5.74, 6) is -0.332. The zero-order valence-electron chi connectivity index (χ0n) is 19.2. The molecule has 1 amide bonds. The monoisotopic (exact) mass is 481 g/mol. The van der Waals surface area contributed by atoms with E-state index in [1.54, 1.807) is 6.08 Å². The smallest absolute Gasteiger partial charge is 0.283 e. The predicted octanol–water partition coefficient (Wildman–Crippen LogP) is 6.73. The highest BCUT2D eigenvalue weighted by molar-refractivity contribution is 8.26. The number of fused-ring (bicyclic) bond motifs is 1. The van der Waals surface area contributed by atoms with Crippen molar-refractivity contribution in [1.82, 2.24) is 9.58 Å². The molecule has 1 aromatic carbocycles. The summed E-state index contributed by atoms with van der Waals surface area (Å²) in [5.41, 5.74) is 3.91. The molecule has 172 valence electrons. The maximum Gasteiger partial charge on any atom is 0.283 e. The standard InChI is InChI=1S/C25H28ClN5OS/c1-4-5-6-7-8-13-22-29-31-23(27)19(24(32)28-25(31)33-22)15-18-14-16(2)30(17(18)3)21-12-10-9-11-20(21)26/h9-12,14-15,27H,4-8,13H2,1-3H3. The molecule has 0 saturated carbocycles. The molecule has 33 heavy (non-hydrogen) atoms. The van der Waals surface area contributed by atoms with Crippen LogP contribution in [0.15, 0.2) is 46.0 Å². The van der Waals surface area contributed by atoms with Crippen molar-refractivity contribution in [2.24, 2.45) is 10.1 Å². The first kappa shape index (κ1) is 23.5. The third-order valence-electron chi connectivity index (χ3n) is 5.85. The fourth-order valence-electron chi connectivity index (χ4n) is 4.11. The van der Waals surface area contributed by atoms with Crippen molar-refractivity contribution in [2.75, 3.05) is 0 Å². The van der Waals surface area contributed by atoms with E-state index in [2.05, 4.69) is 21.6 Å². The van der Waals surface area contributed by atoms with Crippen molar-refractivity contribution in [3.63, 3.8) is 0 Å². The maximum atomic E-state index is 12.8. The van der Waals surface area contributed by atoms with Gasteiger partial charge < -0.3 is 4.57 Å². The highest BCUT2D eigenvalue weighted by Gasteiger charge is 2.35. The van der Waals surface area contributed by atoms with Crippen LogP contribution in [0.5, 0.6) is 0 Å². The van der Waals surface area contributed by atoms with Crippen LogP contribution in [0, 0.1) is 19.3 Å². The molecule has 2 aromatic rings. The van der Waals surface area contributed by atoms with Crippen LogP contribution in [-0.2, 0) is 4.79 Å². The van der Waals surface area contributed by atoms with Crippen LogP contribution >= 0.6 is 23.4 Å². The molecule has 0 atom stereocenters. The van der Waals surface area contributed by atoms with E-state index in [0.29, 0.717) is 10.2 Å². The van der Waals surface area contributed by atoms with E-state index >= 15 is 0 Å². The Bertz CT molecular complexity index is 1190. The number of para-hydroxylation sites is 1. The van der Waals surface area contributed by atoms with Gasteiger partial charge in [-0.3, -0.25) is 10.2 Å². The number of carbonyl (C=O) groups excluding carboxylic acids is 1. The van der Waals surface area contributed by atoms with Crippen LogP contribution in [-0.4, -0.2) is 31.5 Å². The number of rotatable bonds is 8. The van der Waals surface area contributed by atoms with Crippen LogP contribution in [0.1, 0.15) is 62.4 Å². The lowest BCUT2D eigenvalue weighted by Gasteiger charge is -2.20. The van der Waals surface area contributed by atoms with Gasteiger partial charge in [0.25, 0.3) is 5.91 Å². The van der Waals surface area contributed by atoms with Gasteiger partial charge in [0.15, 0.2) is 5.84 Å². The molecule has 0 fully saturated rings. The van der Waals surface area contributed by atoms with Crippen LogP contribution < -0.4 is 0 Å². The van der Waals surface area contributed by atoms with Gasteiger partial charge in [0.2, 0.25) is 5.17 Å². The molecular formula is C25H28ClN5OS. The second-order valence-corrected chi connectivity index (χ2v) is 9.74. The average molecular weight is 482 g/mol. The summed E-state index contributed by atoms with van der Waals surface area (Å²) in [4.78, 5) is 17.0. The Morgan fingerprint density at radius 2 is 1.91 bits per heavy atom. The highest BCUT2D eigenvalue weighted by Crippen LogP contribution is 2.32. The number of carbonyl (C=O) groups is 1. The Morgan fingerprint density at radius 3 is 2.67 bits per heavy atom. The van der Waals surface area contributed by atoms with Gasteiger partial charge in [0.1, 0.15) is 5.04 Å². The lowest BCUT2D eigenvalue weighted by molar-refractivity contribution is -0.114. The number of nitrogens with one attached hydrogen (secondary N) is 1. The number of hydrogen-bond acceptors (Lipinski definition) is 4. The summed E-state index contributed by atoms with van der Waals surface area (Å²) in [7, 11) is 0. The van der Waals surface area contributed by atoms with Gasteiger partial charge in [-0.25, -0.2) is 0 Å². The molecule has 8 heteroatoms. The number of halogens is 1. The van der Waals surface area contributed by atoms with E-state index in [-0.39, 0.29) is 11.4 Å². The van der Waals surface area contributed by atoms with E-state index in [1.807, 2.05) is 44.2 Å². The van der Waals surface area contributed by atoms with Crippen molar-refractivity contribution >= 4 is 51.4 Å². The number of amides is 1. The number of benzene rings is 1. The van der Waals surface area contributed by atoms with Gasteiger partial charge in [0.05, 0.1) is 16.3 Å². The average Bonchev–Trinajstić information content (AvgIpc) is 3.31. The Morgan fingerprint density at radius 1 is 1.15 bits per heavy atom. The SMILES string of the molecule is CCCCCCCC1=NN2C(=N)C(=Cc3cc(C)n(-c4ccccc4Cl)c3C)C(=O)N=C2S1. The van der Waals surface area contributed by atoms with Crippen LogP contribution in [0.4, 0.5) is 0 Å². The van der Waals surface area contributed by atoms with Crippen molar-refractivity contribution in [3.05, 3.63) is 57.9 Å². The molecule has 1 N–H and O–H groups in total. The topological polar surface area (TPSA) is 73.8 Å². The molecular weight excluding hydrogens is 454 g/mol. The fourth-order valence-corrected chi connectivity index (χ4v) is 5.25. The second-order valence-electron chi connectivity index (χ2n) is 8.29. The molecule has 3 heterocycles. The molecule has 2 aliphatic heterocycles. The molecule has 0 unspecified atom stereocenters. The third-order valence-corrected chi connectivity index (χ3v) is 7.14. The van der Waals surface area contributed by atoms with Crippen molar-refractivity contribution in [1.29, 1.82) is 5.41 Å². The Labute approximate surface area is 203 Å². The van der Waals surface area contributed by atoms with Gasteiger partial charge in [-0.1, -0.05) is 56.3 Å². The molecule has 4 rings (SSSR count). The van der Waals surface area contributed by atoms with Crippen LogP contribution in [0.3, 0.4) is 0 Å². The van der Waals surface area contributed by atoms with Crippen LogP contribution in [0.2, 0.25) is 5.02 Å². The summed E-state index contributed by atoms with van der Waals surface area (Å²) in [6.45, 7) is 6.18. The number of amidine groups is 2. The van der Waals surface area contributed by atoms with Gasteiger partial charge >= 0.3 is 0 Å². The minimum absolute atomic E-state index is 0.0704. The van der Waals surface area contributed by atoms with E-state index in [9.17, 15) is 4.79 Å². The van der Waals surface area contributed by atoms with Gasteiger partial charge in [0, 0.05) is 11.4 Å². The summed E-state index contributed by atoms with van der Waals surface area (Å²) < 4.78 is 2.06. The van der Waals surface area contributed by atoms with Crippen molar-refractivity contribution in [2.45, 2.75) is 59.3 Å². The lowest BCUT2D eigenvalue weighted by Crippen LogP contribution is -2.35. The van der Waals surface area contributed by atoms with E-state index in [0.717, 1.165) is 40.5 Å². The summed E-state index contributed by atoms with van der Waals surface area (Å²) in [5, 5.41) is 16.8. The van der Waals surface area contributed by atoms with E-state index in [1.165, 1.54) is 42.5 Å². The molecule has 6 nitrogen and oxygen atoms in total. The highest BCUT2D eigenvalue weighted by atomic mass is 35.5. The normalized spacial score (nSPS) is 17.0. The Balaban J connectivity index is 1.57. The number of nitrogens with zero attached hydrogens (tertiary/aromatic N) is 4. The largest absolute Gasteiger partial charge is 0.316 e. The molecule has 2 aliphatic rings. The van der Waals surface area contributed by atoms with Crippen molar-refractivity contribution < 1.29 is 4.79 Å². The maximum absolute atomic E-state index is 12.8. The second kappa shape index (κ2) is 10.1. The van der Waals surface area contributed by atoms with E-state index in [4.69, 9.17) is 17.0 Å². The third kappa shape index (κ3) is 4.84. The number of aromatic nitrogens is 1. The molecule has 0 aliphatic carbocycles. The van der Waals surface area contributed by atoms with Gasteiger partial charge in [-0.15, -0.1) is 0 Å². The minimum Gasteiger partial charge on any atom is -0.316 e. The fraction of sp³-hybridized carbons (Fsp3) is 0.360. The number of hydrazone groups is 1. The Kier molecular flexibility index (Phi) is 7.20. The number of hydrogen-bond donors (Lipinski definition) is 1. The predicted molar refractivity (Wildman–Crippen MR) is 139 cm³/mol. The number of unbranched alkanes of at least 4 members (excludes halogenated alkanes) is 4. The summed E-state index contributed by atoms with van der Waals surface area (Å²) >= 11 is 7.82. The number of aryl methyl sites for hydroxylation is 1. The number of thioether (sulfide) groups is 1. The minimum atomic E-state index is -0.402. The Hall–Kier alpha value is -2.64. The first-order chi connectivity index (χ1) is 15.9. The molecule has 0 spiro atoms. The lowest BCUT2D eigenvalue weighted by atomic mass is 10.1. The van der Waals surface area contributed by atoms with Crippen LogP contribution in [0.25, 0.3) is 11.8 Å².